The third-order valence-corrected chi connectivity index (χ3v) is 11.8. The van der Waals surface area contributed by atoms with Gasteiger partial charge in [-0.15, -0.1) is 11.3 Å². The van der Waals surface area contributed by atoms with Gasteiger partial charge in [-0.1, -0.05) is 23.7 Å². The summed E-state index contributed by atoms with van der Waals surface area (Å²) in [5, 5.41) is 16.9. The van der Waals surface area contributed by atoms with Crippen LogP contribution < -0.4 is 0 Å². The van der Waals surface area contributed by atoms with Crippen LogP contribution in [0.1, 0.15) is 42.7 Å². The maximum atomic E-state index is 14.5. The molecule has 0 aliphatic heterocycles. The number of pyridine rings is 2. The number of hydrogen-bond acceptors (Lipinski definition) is 7. The topological polar surface area (TPSA) is 102 Å². The third-order valence-electron chi connectivity index (χ3n) is 8.00. The molecule has 0 radical (unpaired) electrons. The Morgan fingerprint density at radius 1 is 1.13 bits per heavy atom. The van der Waals surface area contributed by atoms with Crippen molar-refractivity contribution in [2.24, 2.45) is 0 Å². The second-order valence-corrected chi connectivity index (χ2v) is 14.0. The Hall–Kier alpha value is -3.31. The Bertz CT molecular complexity index is 1930. The lowest BCUT2D eigenvalue weighted by Gasteiger charge is -2.35. The second-order valence-electron chi connectivity index (χ2n) is 10.3. The number of rotatable bonds is 5. The molecule has 0 saturated heterocycles. The van der Waals surface area contributed by atoms with Gasteiger partial charge in [0, 0.05) is 52.3 Å². The van der Waals surface area contributed by atoms with Gasteiger partial charge in [0.25, 0.3) is 0 Å². The monoisotopic (exact) mass is 577 g/mol. The van der Waals surface area contributed by atoms with E-state index in [9.17, 15) is 13.5 Å². The largest absolute Gasteiger partial charge is 0.383 e. The van der Waals surface area contributed by atoms with E-state index in [-0.39, 0.29) is 0 Å². The molecule has 39 heavy (non-hydrogen) atoms. The van der Waals surface area contributed by atoms with Crippen molar-refractivity contribution < 1.29 is 13.5 Å². The van der Waals surface area contributed by atoms with E-state index < -0.39 is 26.3 Å². The Labute approximate surface area is 234 Å². The Balaban J connectivity index is 1.35. The van der Waals surface area contributed by atoms with Crippen LogP contribution >= 0.6 is 22.9 Å². The minimum Gasteiger partial charge on any atom is -0.383 e. The van der Waals surface area contributed by atoms with E-state index in [2.05, 4.69) is 15.1 Å². The zero-order valence-electron chi connectivity index (χ0n) is 20.9. The van der Waals surface area contributed by atoms with E-state index in [1.54, 1.807) is 54.4 Å². The third kappa shape index (κ3) is 3.58. The lowest BCUT2D eigenvalue weighted by molar-refractivity contribution is -0.0389. The van der Waals surface area contributed by atoms with E-state index in [1.165, 1.54) is 15.3 Å². The van der Waals surface area contributed by atoms with Gasteiger partial charge in [-0.05, 0) is 62.6 Å². The van der Waals surface area contributed by atoms with Gasteiger partial charge in [0.15, 0.2) is 5.65 Å². The smallest absolute Gasteiger partial charge is 0.250 e. The van der Waals surface area contributed by atoms with Crippen molar-refractivity contribution >= 4 is 49.5 Å². The minimum atomic E-state index is -4.08. The molecule has 5 heterocycles. The van der Waals surface area contributed by atoms with Crippen molar-refractivity contribution in [3.8, 4) is 10.4 Å². The number of halogens is 1. The summed E-state index contributed by atoms with van der Waals surface area (Å²) >= 11 is 7.87. The van der Waals surface area contributed by atoms with Crippen LogP contribution in [0, 0.1) is 0 Å². The first-order chi connectivity index (χ1) is 18.7. The molecule has 2 aliphatic carbocycles. The first-order valence-corrected chi connectivity index (χ1v) is 15.2. The predicted molar refractivity (Wildman–Crippen MR) is 152 cm³/mol. The number of aliphatic hydroxyl groups is 1. The number of allylic oxidation sites excluding steroid dienone is 3. The summed E-state index contributed by atoms with van der Waals surface area (Å²) in [4.78, 5) is 9.83. The van der Waals surface area contributed by atoms with E-state index in [0.29, 0.717) is 33.9 Å². The lowest BCUT2D eigenvalue weighted by Crippen LogP contribution is -2.43. The molecule has 2 unspecified atom stereocenters. The van der Waals surface area contributed by atoms with E-state index >= 15 is 0 Å². The molecule has 5 aromatic rings. The van der Waals surface area contributed by atoms with Crippen LogP contribution in [0.3, 0.4) is 0 Å². The molecule has 0 aromatic carbocycles. The van der Waals surface area contributed by atoms with Crippen LogP contribution in [-0.4, -0.2) is 41.8 Å². The van der Waals surface area contributed by atoms with Crippen LogP contribution in [0.15, 0.2) is 84.6 Å². The summed E-state index contributed by atoms with van der Waals surface area (Å²) in [7, 11) is -4.08. The van der Waals surface area contributed by atoms with Gasteiger partial charge < -0.3 is 5.11 Å². The van der Waals surface area contributed by atoms with Crippen LogP contribution in [0.5, 0.6) is 0 Å². The van der Waals surface area contributed by atoms with Crippen molar-refractivity contribution in [1.82, 2.24) is 23.6 Å². The molecule has 0 spiro atoms. The number of fused-ring (bicyclic) bond motifs is 2. The van der Waals surface area contributed by atoms with Gasteiger partial charge >= 0.3 is 0 Å². The molecule has 0 amide bonds. The first-order valence-electron chi connectivity index (χ1n) is 12.6. The Morgan fingerprint density at radius 2 is 1.97 bits per heavy atom. The van der Waals surface area contributed by atoms with Crippen molar-refractivity contribution in [2.45, 2.75) is 42.5 Å². The lowest BCUT2D eigenvalue weighted by atomic mass is 9.81. The van der Waals surface area contributed by atoms with Gasteiger partial charge in [0.1, 0.15) is 15.4 Å². The second kappa shape index (κ2) is 8.59. The molecule has 198 valence electrons. The van der Waals surface area contributed by atoms with Gasteiger partial charge in [0.2, 0.25) is 10.0 Å². The highest BCUT2D eigenvalue weighted by Crippen LogP contribution is 2.46. The SMILES string of the molecule is CC1(S(=O)(=O)n2ccc3c(-c4cnc(C5(O)CCC5)s4)ccnc32)C=C(Cl)C=CC1c1cnn2ccccc12. The molecule has 11 heteroatoms. The van der Waals surface area contributed by atoms with Crippen LogP contribution in [0.4, 0.5) is 0 Å². The fraction of sp³-hybridized carbons (Fsp3) is 0.250. The average Bonchev–Trinajstić information content (AvgIpc) is 3.65. The van der Waals surface area contributed by atoms with E-state index in [4.69, 9.17) is 11.6 Å². The van der Waals surface area contributed by atoms with Crippen LogP contribution in [-0.2, 0) is 15.6 Å². The summed E-state index contributed by atoms with van der Waals surface area (Å²) in [6, 6.07) is 9.32. The fourth-order valence-electron chi connectivity index (χ4n) is 5.61. The molecule has 1 saturated carbocycles. The standard InChI is InChI=1S/C28H24ClN5O3S2/c1-27(15-18(29)6-7-22(27)21-16-32-33-13-3-2-5-23(21)33)39(36,37)34-14-9-20-19(8-12-30-25(20)34)24-17-31-26(38-24)28(35)10-4-11-28/h2-3,5-9,12-17,22,35H,4,10-11H2,1H3. The van der Waals surface area contributed by atoms with Crippen LogP contribution in [0.25, 0.3) is 27.0 Å². The summed E-state index contributed by atoms with van der Waals surface area (Å²) < 4.78 is 30.6. The van der Waals surface area contributed by atoms with E-state index in [0.717, 1.165) is 27.9 Å². The van der Waals surface area contributed by atoms with Crippen molar-refractivity contribution in [3.05, 3.63) is 95.1 Å². The summed E-state index contributed by atoms with van der Waals surface area (Å²) in [6.45, 7) is 1.69. The summed E-state index contributed by atoms with van der Waals surface area (Å²) in [5.74, 6) is -0.544. The molecule has 2 atom stereocenters. The number of thiazole rings is 1. The van der Waals surface area contributed by atoms with Gasteiger partial charge in [-0.3, -0.25) is 0 Å². The molecule has 1 N–H and O–H groups in total. The van der Waals surface area contributed by atoms with Gasteiger partial charge in [0.05, 0.1) is 16.6 Å². The van der Waals surface area contributed by atoms with E-state index in [1.807, 2.05) is 36.5 Å². The van der Waals surface area contributed by atoms with Crippen LogP contribution in [0.2, 0.25) is 0 Å². The average molecular weight is 578 g/mol. The molecule has 5 aromatic heterocycles. The molecule has 2 aliphatic rings. The number of aromatic nitrogens is 5. The van der Waals surface area contributed by atoms with Crippen molar-refractivity contribution in [3.63, 3.8) is 0 Å². The molecular weight excluding hydrogens is 554 g/mol. The van der Waals surface area contributed by atoms with Gasteiger partial charge in [-0.25, -0.2) is 26.9 Å². The number of nitrogens with zero attached hydrogens (tertiary/aromatic N) is 5. The summed E-state index contributed by atoms with van der Waals surface area (Å²) in [5.41, 5.74) is 1.90. The minimum absolute atomic E-state index is 0.323. The maximum absolute atomic E-state index is 14.5. The molecule has 8 nitrogen and oxygen atoms in total. The quantitative estimate of drug-likeness (QED) is 0.292. The maximum Gasteiger partial charge on any atom is 0.250 e. The van der Waals surface area contributed by atoms with Gasteiger partial charge in [-0.2, -0.15) is 5.10 Å². The van der Waals surface area contributed by atoms with Crippen molar-refractivity contribution in [1.29, 1.82) is 0 Å². The van der Waals surface area contributed by atoms with Crippen molar-refractivity contribution in [2.75, 3.05) is 0 Å². The zero-order chi connectivity index (χ0) is 27.0. The Morgan fingerprint density at radius 3 is 2.77 bits per heavy atom. The highest BCUT2D eigenvalue weighted by Gasteiger charge is 2.48. The molecule has 0 bridgehead atoms. The molecular formula is C28H24ClN5O3S2. The predicted octanol–water partition coefficient (Wildman–Crippen LogP) is 5.59. The molecule has 7 rings (SSSR count). The fourth-order valence-corrected chi connectivity index (χ4v) is 8.89. The number of hydrogen-bond donors (Lipinski definition) is 1. The first kappa shape index (κ1) is 24.7. The summed E-state index contributed by atoms with van der Waals surface area (Å²) in [6.07, 6.45) is 16.0. The highest BCUT2D eigenvalue weighted by atomic mass is 35.5. The Kier molecular flexibility index (Phi) is 5.44. The normalized spacial score (nSPS) is 22.7. The highest BCUT2D eigenvalue weighted by molar-refractivity contribution is 7.91. The molecule has 1 fully saturated rings. The zero-order valence-corrected chi connectivity index (χ0v) is 23.3.